The van der Waals surface area contributed by atoms with Crippen LogP contribution in [-0.4, -0.2) is 56.9 Å². The minimum absolute atomic E-state index is 0.0572. The molecule has 3 rings (SSSR count). The molecule has 2 aliphatic rings. The molecule has 0 bridgehead atoms. The first-order chi connectivity index (χ1) is 11.4. The number of nitrogens with one attached hydrogen (secondary N) is 1. The van der Waals surface area contributed by atoms with E-state index in [1.807, 2.05) is 30.3 Å². The Labute approximate surface area is 144 Å². The number of amides is 1. The van der Waals surface area contributed by atoms with Crippen LogP contribution >= 0.6 is 0 Å². The van der Waals surface area contributed by atoms with Crippen LogP contribution in [0.1, 0.15) is 18.4 Å². The van der Waals surface area contributed by atoms with Crippen LogP contribution in [-0.2, 0) is 21.1 Å². The Hall–Kier alpha value is -1.40. The Bertz CT molecular complexity index is 671. The molecule has 1 aromatic carbocycles. The summed E-state index contributed by atoms with van der Waals surface area (Å²) in [5, 5.41) is 3.20. The summed E-state index contributed by atoms with van der Waals surface area (Å²) in [6.07, 6.45) is 4.14. The van der Waals surface area contributed by atoms with Gasteiger partial charge in [-0.05, 0) is 30.2 Å². The lowest BCUT2D eigenvalue weighted by molar-refractivity contribution is -0.121. The zero-order chi connectivity index (χ0) is 17.2. The van der Waals surface area contributed by atoms with E-state index in [2.05, 4.69) is 10.2 Å². The van der Waals surface area contributed by atoms with E-state index < -0.39 is 9.84 Å². The fourth-order valence-corrected chi connectivity index (χ4v) is 4.17. The van der Waals surface area contributed by atoms with Crippen molar-refractivity contribution in [3.8, 4) is 0 Å². The molecule has 1 aliphatic heterocycles. The van der Waals surface area contributed by atoms with Crippen molar-refractivity contribution in [1.82, 2.24) is 10.2 Å². The molecule has 0 spiro atoms. The first-order valence-corrected chi connectivity index (χ1v) is 10.7. The molecule has 0 radical (unpaired) electrons. The third kappa shape index (κ3) is 5.05. The molecule has 1 aromatic rings. The van der Waals surface area contributed by atoms with E-state index in [1.165, 1.54) is 19.1 Å². The number of hydrogen-bond donors (Lipinski definition) is 1. The highest BCUT2D eigenvalue weighted by atomic mass is 32.2. The van der Waals surface area contributed by atoms with Crippen molar-refractivity contribution in [2.45, 2.75) is 25.3 Å². The fraction of sp³-hybridized carbons (Fsp3) is 0.611. The zero-order valence-electron chi connectivity index (χ0n) is 14.1. The minimum atomic E-state index is -2.94. The van der Waals surface area contributed by atoms with Crippen LogP contribution < -0.4 is 5.32 Å². The molecule has 0 unspecified atom stereocenters. The van der Waals surface area contributed by atoms with Gasteiger partial charge in [0.05, 0.1) is 12.2 Å². The number of carbonyl (C=O) groups excluding carboxylic acids is 1. The first-order valence-electron chi connectivity index (χ1n) is 8.64. The molecule has 1 saturated carbocycles. The number of hydrogen-bond acceptors (Lipinski definition) is 4. The van der Waals surface area contributed by atoms with Gasteiger partial charge in [0.1, 0.15) is 9.84 Å². The smallest absolute Gasteiger partial charge is 0.224 e. The Morgan fingerprint density at radius 2 is 1.92 bits per heavy atom. The quantitative estimate of drug-likeness (QED) is 0.800. The van der Waals surface area contributed by atoms with E-state index in [-0.39, 0.29) is 17.7 Å². The van der Waals surface area contributed by atoms with Crippen molar-refractivity contribution < 1.29 is 13.2 Å². The van der Waals surface area contributed by atoms with Gasteiger partial charge in [0.25, 0.3) is 0 Å². The van der Waals surface area contributed by atoms with Gasteiger partial charge in [-0.1, -0.05) is 30.3 Å². The maximum Gasteiger partial charge on any atom is 0.224 e. The van der Waals surface area contributed by atoms with Crippen molar-refractivity contribution in [1.29, 1.82) is 0 Å². The van der Waals surface area contributed by atoms with Gasteiger partial charge in [0.15, 0.2) is 0 Å². The summed E-state index contributed by atoms with van der Waals surface area (Å²) < 4.78 is 22.8. The predicted molar refractivity (Wildman–Crippen MR) is 94.4 cm³/mol. The van der Waals surface area contributed by atoms with Gasteiger partial charge >= 0.3 is 0 Å². The molecule has 132 valence electrons. The van der Waals surface area contributed by atoms with Crippen LogP contribution in [0.5, 0.6) is 0 Å². The van der Waals surface area contributed by atoms with Crippen LogP contribution in [0, 0.1) is 11.8 Å². The number of carbonyl (C=O) groups is 1. The zero-order valence-corrected chi connectivity index (χ0v) is 15.0. The fourth-order valence-electron chi connectivity index (χ4n) is 3.58. The third-order valence-electron chi connectivity index (χ3n) is 5.00. The van der Waals surface area contributed by atoms with Gasteiger partial charge in [0, 0.05) is 31.9 Å². The summed E-state index contributed by atoms with van der Waals surface area (Å²) in [6.45, 7) is 2.22. The average molecular weight is 350 g/mol. The SMILES string of the molecule is CS(=O)(=O)CCN1C[C@@H](NC(=O)Cc2ccccc2)[C@H](C2CC2)C1. The van der Waals surface area contributed by atoms with Crippen LogP contribution in [0.25, 0.3) is 0 Å². The van der Waals surface area contributed by atoms with E-state index in [4.69, 9.17) is 0 Å². The summed E-state index contributed by atoms with van der Waals surface area (Å²) in [4.78, 5) is 14.5. The lowest BCUT2D eigenvalue weighted by atomic mass is 9.98. The van der Waals surface area contributed by atoms with E-state index in [0.717, 1.165) is 18.7 Å². The number of likely N-dealkylation sites (tertiary alicyclic amines) is 1. The molecule has 1 saturated heterocycles. The standard InChI is InChI=1S/C18H26N2O3S/c1-24(22,23)10-9-20-12-16(15-7-8-15)17(13-20)19-18(21)11-14-5-3-2-4-6-14/h2-6,15-17H,7-13H2,1H3,(H,19,21)/t16-,17+/m0/s1. The van der Waals surface area contributed by atoms with Gasteiger partial charge in [-0.25, -0.2) is 8.42 Å². The van der Waals surface area contributed by atoms with E-state index in [1.54, 1.807) is 0 Å². The number of sulfone groups is 1. The van der Waals surface area contributed by atoms with E-state index >= 15 is 0 Å². The molecular weight excluding hydrogens is 324 g/mol. The topological polar surface area (TPSA) is 66.5 Å². The Balaban J connectivity index is 1.55. The summed E-state index contributed by atoms with van der Waals surface area (Å²) >= 11 is 0. The van der Waals surface area contributed by atoms with Gasteiger partial charge < -0.3 is 5.32 Å². The molecule has 6 heteroatoms. The maximum atomic E-state index is 12.4. The molecule has 0 aromatic heterocycles. The molecular formula is C18H26N2O3S. The van der Waals surface area contributed by atoms with Crippen LogP contribution in [0.4, 0.5) is 0 Å². The number of rotatable bonds is 7. The summed E-state index contributed by atoms with van der Waals surface area (Å²) in [6, 6.07) is 9.90. The lowest BCUT2D eigenvalue weighted by Gasteiger charge is -2.19. The highest BCUT2D eigenvalue weighted by Crippen LogP contribution is 2.41. The third-order valence-corrected chi connectivity index (χ3v) is 5.92. The van der Waals surface area contributed by atoms with Crippen molar-refractivity contribution in [2.24, 2.45) is 11.8 Å². The largest absolute Gasteiger partial charge is 0.351 e. The predicted octanol–water partition coefficient (Wildman–Crippen LogP) is 1.10. The molecule has 2 fully saturated rings. The maximum absolute atomic E-state index is 12.4. The molecule has 1 aliphatic carbocycles. The summed E-state index contributed by atoms with van der Waals surface area (Å²) in [5.41, 5.74) is 1.02. The Kier molecular flexibility index (Phi) is 5.25. The number of nitrogens with zero attached hydrogens (tertiary/aromatic N) is 1. The van der Waals surface area contributed by atoms with Crippen LogP contribution in [0.2, 0.25) is 0 Å². The number of benzene rings is 1. The molecule has 1 heterocycles. The molecule has 5 nitrogen and oxygen atoms in total. The van der Waals surface area contributed by atoms with Crippen LogP contribution in [0.15, 0.2) is 30.3 Å². The Morgan fingerprint density at radius 1 is 1.21 bits per heavy atom. The van der Waals surface area contributed by atoms with Crippen molar-refractivity contribution in [3.05, 3.63) is 35.9 Å². The van der Waals surface area contributed by atoms with Gasteiger partial charge in [-0.3, -0.25) is 9.69 Å². The summed E-state index contributed by atoms with van der Waals surface area (Å²) in [7, 11) is -2.94. The molecule has 24 heavy (non-hydrogen) atoms. The second-order valence-corrected chi connectivity index (χ2v) is 9.49. The van der Waals surface area contributed by atoms with Gasteiger partial charge in [-0.15, -0.1) is 0 Å². The second-order valence-electron chi connectivity index (χ2n) is 7.23. The highest BCUT2D eigenvalue weighted by Gasteiger charge is 2.42. The minimum Gasteiger partial charge on any atom is -0.351 e. The normalized spacial score (nSPS) is 24.9. The second kappa shape index (κ2) is 7.23. The monoisotopic (exact) mass is 350 g/mol. The summed E-state index contributed by atoms with van der Waals surface area (Å²) in [5.74, 6) is 1.40. The van der Waals surface area contributed by atoms with Crippen molar-refractivity contribution >= 4 is 15.7 Å². The average Bonchev–Trinajstić information content (AvgIpc) is 3.28. The van der Waals surface area contributed by atoms with Gasteiger partial charge in [-0.2, -0.15) is 0 Å². The van der Waals surface area contributed by atoms with E-state index in [0.29, 0.717) is 24.8 Å². The van der Waals surface area contributed by atoms with E-state index in [9.17, 15) is 13.2 Å². The first kappa shape index (κ1) is 17.4. The molecule has 1 N–H and O–H groups in total. The van der Waals surface area contributed by atoms with Crippen molar-refractivity contribution in [2.75, 3.05) is 31.6 Å². The lowest BCUT2D eigenvalue weighted by Crippen LogP contribution is -2.42. The highest BCUT2D eigenvalue weighted by molar-refractivity contribution is 7.90. The molecule has 1 amide bonds. The van der Waals surface area contributed by atoms with Crippen molar-refractivity contribution in [3.63, 3.8) is 0 Å². The molecule has 2 atom stereocenters. The van der Waals surface area contributed by atoms with Gasteiger partial charge in [0.2, 0.25) is 5.91 Å². The van der Waals surface area contributed by atoms with Crippen LogP contribution in [0.3, 0.4) is 0 Å². The Morgan fingerprint density at radius 3 is 2.54 bits per heavy atom.